The summed E-state index contributed by atoms with van der Waals surface area (Å²) in [7, 11) is 0. The molecule has 0 aromatic carbocycles. The van der Waals surface area contributed by atoms with Crippen LogP contribution in [0, 0.1) is 0 Å². The Hall–Kier alpha value is -1.10. The summed E-state index contributed by atoms with van der Waals surface area (Å²) in [5.41, 5.74) is 0.832. The zero-order valence-corrected chi connectivity index (χ0v) is 6.49. The molecule has 0 radical (unpaired) electrons. The van der Waals surface area contributed by atoms with Gasteiger partial charge in [0.2, 0.25) is 0 Å². The molecule has 0 bridgehead atoms. The molecule has 1 atom stereocenters. The second kappa shape index (κ2) is 2.20. The van der Waals surface area contributed by atoms with Gasteiger partial charge in [-0.25, -0.2) is 4.99 Å². The van der Waals surface area contributed by atoms with Crippen LogP contribution in [0.15, 0.2) is 33.6 Å². The molecule has 1 unspecified atom stereocenters. The van der Waals surface area contributed by atoms with Gasteiger partial charge in [-0.1, -0.05) is 0 Å². The van der Waals surface area contributed by atoms with E-state index in [1.807, 2.05) is 12.1 Å². The van der Waals surface area contributed by atoms with Gasteiger partial charge in [-0.2, -0.15) is 0 Å². The molecule has 5 heteroatoms. The highest BCUT2D eigenvalue weighted by atomic mass is 32.1. The second-order valence-corrected chi connectivity index (χ2v) is 2.80. The van der Waals surface area contributed by atoms with E-state index in [0.29, 0.717) is 0 Å². The molecule has 0 saturated heterocycles. The number of rotatable bonds is 1. The summed E-state index contributed by atoms with van der Waals surface area (Å²) in [5, 5.41) is 7.48. The lowest BCUT2D eigenvalue weighted by atomic mass is 10.3. The van der Waals surface area contributed by atoms with E-state index in [9.17, 15) is 0 Å². The highest BCUT2D eigenvalue weighted by Gasteiger charge is 2.29. The number of aliphatic imine (C=N–C) groups is 1. The summed E-state index contributed by atoms with van der Waals surface area (Å²) in [6.45, 7) is 0. The van der Waals surface area contributed by atoms with Crippen LogP contribution in [0.4, 0.5) is 0 Å². The van der Waals surface area contributed by atoms with E-state index >= 15 is 0 Å². The van der Waals surface area contributed by atoms with Crippen molar-refractivity contribution in [1.82, 2.24) is 4.98 Å². The van der Waals surface area contributed by atoms with Crippen LogP contribution in [-0.2, 0) is 4.99 Å². The Labute approximate surface area is 68.9 Å². The first-order valence-corrected chi connectivity index (χ1v) is 3.58. The summed E-state index contributed by atoms with van der Waals surface area (Å²) in [6.07, 6.45) is 3.20. The molecule has 1 N–H and O–H groups in total. The maximum absolute atomic E-state index is 4.25. The van der Waals surface area contributed by atoms with Gasteiger partial charge < -0.3 is 4.98 Å². The Morgan fingerprint density at radius 1 is 1.55 bits per heavy atom. The summed E-state index contributed by atoms with van der Waals surface area (Å²) < 4.78 is 0. The van der Waals surface area contributed by atoms with Crippen LogP contribution in [0.25, 0.3) is 0 Å². The van der Waals surface area contributed by atoms with Crippen LogP contribution >= 0.6 is 12.6 Å². The minimum Gasteiger partial charge on any atom is -0.361 e. The van der Waals surface area contributed by atoms with Crippen molar-refractivity contribution < 1.29 is 0 Å². The fourth-order valence-corrected chi connectivity index (χ4v) is 1.14. The summed E-state index contributed by atoms with van der Waals surface area (Å²) in [5.74, 6) is 0. The fourth-order valence-electron chi connectivity index (χ4n) is 0.901. The molecule has 0 spiro atoms. The van der Waals surface area contributed by atoms with Gasteiger partial charge in [0.05, 0.1) is 5.69 Å². The molecule has 4 nitrogen and oxygen atoms in total. The zero-order chi connectivity index (χ0) is 7.73. The van der Waals surface area contributed by atoms with Gasteiger partial charge in [-0.3, -0.25) is 0 Å². The second-order valence-electron chi connectivity index (χ2n) is 2.18. The molecule has 1 aromatic rings. The first-order chi connectivity index (χ1) is 5.31. The fraction of sp³-hybridized carbons (Fsp3) is 0.167. The van der Waals surface area contributed by atoms with Crippen molar-refractivity contribution in [2.45, 2.75) is 4.99 Å². The maximum atomic E-state index is 4.25. The lowest BCUT2D eigenvalue weighted by Crippen LogP contribution is -2.09. The van der Waals surface area contributed by atoms with Crippen molar-refractivity contribution in [3.8, 4) is 0 Å². The lowest BCUT2D eigenvalue weighted by molar-refractivity contribution is 0.682. The van der Waals surface area contributed by atoms with Gasteiger partial charge in [0.1, 0.15) is 6.34 Å². The molecule has 56 valence electrons. The van der Waals surface area contributed by atoms with E-state index in [1.165, 1.54) is 6.34 Å². The molecule has 2 rings (SSSR count). The van der Waals surface area contributed by atoms with Crippen LogP contribution in [0.5, 0.6) is 0 Å². The number of aromatic nitrogens is 1. The lowest BCUT2D eigenvalue weighted by Gasteiger charge is -2.10. The van der Waals surface area contributed by atoms with Crippen LogP contribution in [-0.4, -0.2) is 11.3 Å². The van der Waals surface area contributed by atoms with Crippen molar-refractivity contribution in [1.29, 1.82) is 0 Å². The van der Waals surface area contributed by atoms with E-state index in [4.69, 9.17) is 0 Å². The summed E-state index contributed by atoms with van der Waals surface area (Å²) >= 11 is 4.25. The van der Waals surface area contributed by atoms with Gasteiger partial charge in [0.25, 0.3) is 4.99 Å². The van der Waals surface area contributed by atoms with Crippen LogP contribution < -0.4 is 0 Å². The first kappa shape index (κ1) is 6.60. The molecule has 1 aliphatic heterocycles. The van der Waals surface area contributed by atoms with E-state index in [0.717, 1.165) is 5.69 Å². The maximum Gasteiger partial charge on any atom is 0.256 e. The van der Waals surface area contributed by atoms with Gasteiger partial charge in [-0.05, 0) is 12.1 Å². The van der Waals surface area contributed by atoms with Crippen molar-refractivity contribution in [3.63, 3.8) is 0 Å². The van der Waals surface area contributed by atoms with Gasteiger partial charge in [-0.15, -0.1) is 22.9 Å². The summed E-state index contributed by atoms with van der Waals surface area (Å²) in [4.78, 5) is 6.14. The Morgan fingerprint density at radius 2 is 2.45 bits per heavy atom. The number of nitrogens with one attached hydrogen (secondary N) is 1. The standard InChI is InChI=1S/C6H6N4S/c11-6(8-4-9-10-6)5-2-1-3-7-5/h1-4,7,11H. The van der Waals surface area contributed by atoms with Crippen molar-refractivity contribution in [3.05, 3.63) is 24.0 Å². The largest absolute Gasteiger partial charge is 0.361 e. The predicted molar refractivity (Wildman–Crippen MR) is 44.8 cm³/mol. The smallest absolute Gasteiger partial charge is 0.256 e. The Morgan fingerprint density at radius 3 is 3.00 bits per heavy atom. The quantitative estimate of drug-likeness (QED) is 0.595. The number of hydrogen-bond donors (Lipinski definition) is 2. The zero-order valence-electron chi connectivity index (χ0n) is 5.60. The van der Waals surface area contributed by atoms with Crippen molar-refractivity contribution in [2.24, 2.45) is 15.2 Å². The molecular weight excluding hydrogens is 160 g/mol. The number of aromatic amines is 1. The van der Waals surface area contributed by atoms with Crippen LogP contribution in [0.3, 0.4) is 0 Å². The third kappa shape index (κ3) is 0.970. The number of nitrogens with zero attached hydrogens (tertiary/aromatic N) is 3. The molecule has 0 fully saturated rings. The Bertz CT molecular complexity index is 288. The average Bonchev–Trinajstić information content (AvgIpc) is 2.55. The molecule has 0 saturated carbocycles. The SMILES string of the molecule is SC1(c2ccc[nH]2)N=CN=N1. The van der Waals surface area contributed by atoms with E-state index < -0.39 is 4.99 Å². The number of hydrogen-bond acceptors (Lipinski definition) is 4. The molecule has 1 aliphatic rings. The van der Waals surface area contributed by atoms with E-state index in [-0.39, 0.29) is 0 Å². The number of azo groups is 1. The molecule has 1 aromatic heterocycles. The average molecular weight is 166 g/mol. The van der Waals surface area contributed by atoms with Crippen LogP contribution in [0.2, 0.25) is 0 Å². The number of H-pyrrole nitrogens is 1. The Balaban J connectivity index is 2.43. The molecule has 11 heavy (non-hydrogen) atoms. The third-order valence-corrected chi connectivity index (χ3v) is 1.89. The van der Waals surface area contributed by atoms with Gasteiger partial charge in [0.15, 0.2) is 0 Å². The van der Waals surface area contributed by atoms with E-state index in [2.05, 4.69) is 32.8 Å². The molecule has 2 heterocycles. The molecule has 0 aliphatic carbocycles. The third-order valence-electron chi connectivity index (χ3n) is 1.45. The van der Waals surface area contributed by atoms with Crippen molar-refractivity contribution >= 4 is 19.0 Å². The van der Waals surface area contributed by atoms with Gasteiger partial charge >= 0.3 is 0 Å². The summed E-state index contributed by atoms with van der Waals surface area (Å²) in [6, 6.07) is 3.74. The minimum absolute atomic E-state index is 0.816. The molecular formula is C6H6N4S. The first-order valence-electron chi connectivity index (χ1n) is 3.13. The molecule has 0 amide bonds. The minimum atomic E-state index is -0.816. The Kier molecular flexibility index (Phi) is 1.32. The topological polar surface area (TPSA) is 52.9 Å². The highest BCUT2D eigenvalue weighted by molar-refractivity contribution is 7.81. The monoisotopic (exact) mass is 166 g/mol. The van der Waals surface area contributed by atoms with E-state index in [1.54, 1.807) is 6.20 Å². The predicted octanol–water partition coefficient (Wildman–Crippen LogP) is 1.55. The van der Waals surface area contributed by atoms with Gasteiger partial charge in [0, 0.05) is 6.20 Å². The highest BCUT2D eigenvalue weighted by Crippen LogP contribution is 2.32. The van der Waals surface area contributed by atoms with Crippen molar-refractivity contribution in [2.75, 3.05) is 0 Å². The van der Waals surface area contributed by atoms with Crippen LogP contribution in [0.1, 0.15) is 5.69 Å². The number of thiol groups is 1. The normalized spacial score (nSPS) is 28.1.